The molecule has 0 aromatic carbocycles. The maximum absolute atomic E-state index is 12.2. The molecule has 1 aromatic heterocycles. The summed E-state index contributed by atoms with van der Waals surface area (Å²) in [5, 5.41) is 12.3. The van der Waals surface area contributed by atoms with Crippen molar-refractivity contribution in [2.24, 2.45) is 11.3 Å². The average molecular weight is 299 g/mol. The fourth-order valence-electron chi connectivity index (χ4n) is 2.24. The predicted octanol–water partition coefficient (Wildman–Crippen LogP) is 2.67. The molecule has 6 heteroatoms. The van der Waals surface area contributed by atoms with Crippen LogP contribution in [-0.2, 0) is 20.7 Å². The molecule has 1 heterocycles. The van der Waals surface area contributed by atoms with E-state index in [9.17, 15) is 14.7 Å². The number of rotatable bonds is 7. The molecule has 0 radical (unpaired) electrons. The zero-order valence-corrected chi connectivity index (χ0v) is 13.1. The smallest absolute Gasteiger partial charge is 0.323 e. The molecule has 0 saturated heterocycles. The van der Waals surface area contributed by atoms with Gasteiger partial charge in [-0.25, -0.2) is 4.98 Å². The molecule has 1 N–H and O–H groups in total. The monoisotopic (exact) mass is 299 g/mol. The van der Waals surface area contributed by atoms with Crippen LogP contribution in [0.25, 0.3) is 0 Å². The number of hydrogen-bond donors (Lipinski definition) is 1. The molecule has 1 rings (SSSR count). The van der Waals surface area contributed by atoms with E-state index < -0.39 is 17.4 Å². The highest BCUT2D eigenvalue weighted by Gasteiger charge is 2.48. The number of nitrogens with zero attached hydrogens (tertiary/aromatic N) is 1. The standard InChI is InChI=1S/C14H21NO4S/c1-5-19-13(18)14(12(16)17,6-9(2)3)7-11-8-20-10(4)15-11/h8-9H,5-7H2,1-4H3,(H,16,17). The van der Waals surface area contributed by atoms with Crippen molar-refractivity contribution in [3.63, 3.8) is 0 Å². The topological polar surface area (TPSA) is 76.5 Å². The third-order valence-electron chi connectivity index (χ3n) is 2.98. The molecule has 1 aromatic rings. The van der Waals surface area contributed by atoms with E-state index in [1.54, 1.807) is 12.3 Å². The van der Waals surface area contributed by atoms with Crippen molar-refractivity contribution >= 4 is 23.3 Å². The summed E-state index contributed by atoms with van der Waals surface area (Å²) in [5.41, 5.74) is -0.923. The number of thiazole rings is 1. The molecule has 0 aliphatic rings. The summed E-state index contributed by atoms with van der Waals surface area (Å²) in [5.74, 6) is -1.75. The fraction of sp³-hybridized carbons (Fsp3) is 0.643. The van der Waals surface area contributed by atoms with Crippen LogP contribution in [0.5, 0.6) is 0 Å². The second kappa shape index (κ2) is 6.83. The number of carbonyl (C=O) groups excluding carboxylic acids is 1. The van der Waals surface area contributed by atoms with Gasteiger partial charge in [-0.15, -0.1) is 11.3 Å². The lowest BCUT2D eigenvalue weighted by atomic mass is 9.76. The number of carboxylic acids is 1. The van der Waals surface area contributed by atoms with Crippen molar-refractivity contribution < 1.29 is 19.4 Å². The molecule has 1 unspecified atom stereocenters. The summed E-state index contributed by atoms with van der Waals surface area (Å²) in [4.78, 5) is 28.3. The third-order valence-corrected chi connectivity index (χ3v) is 3.80. The molecule has 1 atom stereocenters. The van der Waals surface area contributed by atoms with E-state index in [4.69, 9.17) is 4.74 Å². The lowest BCUT2D eigenvalue weighted by Crippen LogP contribution is -2.44. The Kier molecular flexibility index (Phi) is 5.68. The van der Waals surface area contributed by atoms with Crippen LogP contribution in [0.1, 0.15) is 37.9 Å². The maximum Gasteiger partial charge on any atom is 0.323 e. The summed E-state index contributed by atoms with van der Waals surface area (Å²) >= 11 is 1.44. The predicted molar refractivity (Wildman–Crippen MR) is 76.7 cm³/mol. The van der Waals surface area contributed by atoms with Crippen molar-refractivity contribution in [3.8, 4) is 0 Å². The van der Waals surface area contributed by atoms with Crippen molar-refractivity contribution in [1.29, 1.82) is 0 Å². The van der Waals surface area contributed by atoms with Gasteiger partial charge in [-0.05, 0) is 26.2 Å². The molecular formula is C14H21NO4S. The van der Waals surface area contributed by atoms with Gasteiger partial charge in [0.05, 0.1) is 17.3 Å². The first-order valence-electron chi connectivity index (χ1n) is 6.63. The lowest BCUT2D eigenvalue weighted by Gasteiger charge is -2.28. The van der Waals surface area contributed by atoms with Gasteiger partial charge in [0, 0.05) is 11.8 Å². The molecule has 0 spiro atoms. The zero-order valence-electron chi connectivity index (χ0n) is 12.3. The number of carboxylic acid groups (broad SMARTS) is 1. The molecule has 0 bridgehead atoms. The number of carbonyl (C=O) groups is 2. The Hall–Kier alpha value is -1.43. The van der Waals surface area contributed by atoms with E-state index in [1.165, 1.54) is 11.3 Å². The molecule has 0 aliphatic carbocycles. The first-order chi connectivity index (χ1) is 9.31. The number of aliphatic carboxylic acids is 1. The third kappa shape index (κ3) is 3.79. The molecule has 20 heavy (non-hydrogen) atoms. The van der Waals surface area contributed by atoms with E-state index in [1.807, 2.05) is 20.8 Å². The van der Waals surface area contributed by atoms with Gasteiger partial charge in [0.25, 0.3) is 0 Å². The molecule has 0 saturated carbocycles. The van der Waals surface area contributed by atoms with Crippen LogP contribution in [0.15, 0.2) is 5.38 Å². The minimum absolute atomic E-state index is 0.0650. The second-order valence-corrected chi connectivity index (χ2v) is 6.30. The first-order valence-corrected chi connectivity index (χ1v) is 7.51. The van der Waals surface area contributed by atoms with Crippen molar-refractivity contribution in [2.75, 3.05) is 6.61 Å². The largest absolute Gasteiger partial charge is 0.480 e. The highest BCUT2D eigenvalue weighted by Crippen LogP contribution is 2.33. The number of esters is 1. The van der Waals surface area contributed by atoms with Crippen LogP contribution in [-0.4, -0.2) is 28.6 Å². The van der Waals surface area contributed by atoms with Crippen LogP contribution < -0.4 is 0 Å². The van der Waals surface area contributed by atoms with E-state index in [0.717, 1.165) is 5.01 Å². The second-order valence-electron chi connectivity index (χ2n) is 5.24. The van der Waals surface area contributed by atoms with Gasteiger partial charge in [-0.3, -0.25) is 9.59 Å². The Balaban J connectivity index is 3.14. The Bertz CT molecular complexity index is 483. The Morgan fingerprint density at radius 2 is 2.15 bits per heavy atom. The van der Waals surface area contributed by atoms with Crippen LogP contribution >= 0.6 is 11.3 Å². The normalized spacial score (nSPS) is 14.1. The van der Waals surface area contributed by atoms with E-state index in [-0.39, 0.29) is 25.4 Å². The molecule has 0 fully saturated rings. The first kappa shape index (κ1) is 16.6. The minimum atomic E-state index is -1.55. The number of ether oxygens (including phenoxy) is 1. The van der Waals surface area contributed by atoms with Crippen LogP contribution in [0.4, 0.5) is 0 Å². The van der Waals surface area contributed by atoms with Crippen molar-refractivity contribution in [3.05, 3.63) is 16.1 Å². The molecule has 5 nitrogen and oxygen atoms in total. The zero-order chi connectivity index (χ0) is 15.3. The average Bonchev–Trinajstić information content (AvgIpc) is 2.73. The molecular weight excluding hydrogens is 278 g/mol. The van der Waals surface area contributed by atoms with Crippen molar-refractivity contribution in [1.82, 2.24) is 4.98 Å². The van der Waals surface area contributed by atoms with Crippen LogP contribution in [0.3, 0.4) is 0 Å². The van der Waals surface area contributed by atoms with E-state index in [2.05, 4.69) is 4.98 Å². The van der Waals surface area contributed by atoms with Gasteiger partial charge in [0.1, 0.15) is 0 Å². The fourth-order valence-corrected chi connectivity index (χ4v) is 2.86. The van der Waals surface area contributed by atoms with Crippen LogP contribution in [0, 0.1) is 18.3 Å². The van der Waals surface area contributed by atoms with E-state index >= 15 is 0 Å². The number of aryl methyl sites for hydroxylation is 1. The lowest BCUT2D eigenvalue weighted by molar-refractivity contribution is -0.170. The van der Waals surface area contributed by atoms with E-state index in [0.29, 0.717) is 5.69 Å². The molecule has 0 amide bonds. The Labute approximate surface area is 123 Å². The van der Waals surface area contributed by atoms with Gasteiger partial charge in [-0.2, -0.15) is 0 Å². The Morgan fingerprint density at radius 3 is 2.55 bits per heavy atom. The van der Waals surface area contributed by atoms with Crippen molar-refractivity contribution in [2.45, 2.75) is 40.5 Å². The maximum atomic E-state index is 12.2. The van der Waals surface area contributed by atoms with Gasteiger partial charge in [0.2, 0.25) is 0 Å². The SMILES string of the molecule is CCOC(=O)C(Cc1csc(C)n1)(CC(C)C)C(=O)O. The summed E-state index contributed by atoms with van der Waals surface area (Å²) in [6, 6.07) is 0. The molecule has 0 aliphatic heterocycles. The van der Waals surface area contributed by atoms with Gasteiger partial charge < -0.3 is 9.84 Å². The van der Waals surface area contributed by atoms with Gasteiger partial charge in [0.15, 0.2) is 5.41 Å². The Morgan fingerprint density at radius 1 is 1.50 bits per heavy atom. The minimum Gasteiger partial charge on any atom is -0.480 e. The summed E-state index contributed by atoms with van der Waals surface area (Å²) in [6.07, 6.45) is 0.307. The number of hydrogen-bond acceptors (Lipinski definition) is 5. The summed E-state index contributed by atoms with van der Waals surface area (Å²) < 4.78 is 5.00. The number of aromatic nitrogens is 1. The molecule has 112 valence electrons. The highest BCUT2D eigenvalue weighted by atomic mass is 32.1. The van der Waals surface area contributed by atoms with Gasteiger partial charge >= 0.3 is 11.9 Å². The summed E-state index contributed by atoms with van der Waals surface area (Å²) in [7, 11) is 0. The highest BCUT2D eigenvalue weighted by molar-refractivity contribution is 7.09. The van der Waals surface area contributed by atoms with Gasteiger partial charge in [-0.1, -0.05) is 13.8 Å². The quantitative estimate of drug-likeness (QED) is 0.618. The van der Waals surface area contributed by atoms with Crippen LogP contribution in [0.2, 0.25) is 0 Å². The summed E-state index contributed by atoms with van der Waals surface area (Å²) in [6.45, 7) is 7.48.